The first-order valence-electron chi connectivity index (χ1n) is 6.98. The Hall–Kier alpha value is -0.830. The SMILES string of the molecule is CC1CCn2cc(CC3CCCCO3)nc2C1. The molecule has 3 heterocycles. The second kappa shape index (κ2) is 4.81. The maximum absolute atomic E-state index is 5.79. The van der Waals surface area contributed by atoms with Gasteiger partial charge in [0.05, 0.1) is 11.8 Å². The summed E-state index contributed by atoms with van der Waals surface area (Å²) in [5.41, 5.74) is 1.24. The van der Waals surface area contributed by atoms with E-state index in [-0.39, 0.29) is 0 Å². The molecule has 0 aliphatic carbocycles. The molecule has 0 aromatic carbocycles. The van der Waals surface area contributed by atoms with Crippen molar-refractivity contribution in [1.82, 2.24) is 9.55 Å². The zero-order chi connectivity index (χ0) is 11.7. The third kappa shape index (κ3) is 2.54. The van der Waals surface area contributed by atoms with Crippen LogP contribution in [0.3, 0.4) is 0 Å². The van der Waals surface area contributed by atoms with Crippen LogP contribution in [0.15, 0.2) is 6.20 Å². The molecule has 2 aliphatic heterocycles. The Morgan fingerprint density at radius 3 is 3.18 bits per heavy atom. The van der Waals surface area contributed by atoms with Crippen LogP contribution in [-0.2, 0) is 24.1 Å². The van der Waals surface area contributed by atoms with Crippen molar-refractivity contribution in [2.24, 2.45) is 5.92 Å². The quantitative estimate of drug-likeness (QED) is 0.786. The van der Waals surface area contributed by atoms with Crippen molar-refractivity contribution in [3.05, 3.63) is 17.7 Å². The maximum Gasteiger partial charge on any atom is 0.109 e. The van der Waals surface area contributed by atoms with Crippen molar-refractivity contribution in [3.8, 4) is 0 Å². The Bertz CT molecular complexity index is 380. The van der Waals surface area contributed by atoms with Crippen molar-refractivity contribution in [2.45, 2.75) is 58.1 Å². The van der Waals surface area contributed by atoms with E-state index in [4.69, 9.17) is 9.72 Å². The second-order valence-electron chi connectivity index (χ2n) is 5.63. The van der Waals surface area contributed by atoms with Gasteiger partial charge in [-0.2, -0.15) is 0 Å². The summed E-state index contributed by atoms with van der Waals surface area (Å²) in [6.45, 7) is 4.41. The molecule has 0 saturated carbocycles. The van der Waals surface area contributed by atoms with Gasteiger partial charge in [-0.25, -0.2) is 4.98 Å². The summed E-state index contributed by atoms with van der Waals surface area (Å²) in [6, 6.07) is 0. The number of aryl methyl sites for hydroxylation is 1. The Morgan fingerprint density at radius 2 is 2.35 bits per heavy atom. The third-order valence-corrected chi connectivity index (χ3v) is 4.01. The van der Waals surface area contributed by atoms with Gasteiger partial charge in [-0.1, -0.05) is 6.92 Å². The van der Waals surface area contributed by atoms with Gasteiger partial charge in [-0.3, -0.25) is 0 Å². The smallest absolute Gasteiger partial charge is 0.109 e. The fraction of sp³-hybridized carbons (Fsp3) is 0.786. The number of aromatic nitrogens is 2. The Kier molecular flexibility index (Phi) is 3.19. The van der Waals surface area contributed by atoms with Crippen molar-refractivity contribution < 1.29 is 4.74 Å². The molecule has 2 unspecified atom stereocenters. The van der Waals surface area contributed by atoms with Crippen LogP contribution in [0.25, 0.3) is 0 Å². The minimum atomic E-state index is 0.415. The van der Waals surface area contributed by atoms with Crippen molar-refractivity contribution >= 4 is 0 Å². The van der Waals surface area contributed by atoms with E-state index in [0.717, 1.165) is 31.9 Å². The number of fused-ring (bicyclic) bond motifs is 1. The van der Waals surface area contributed by atoms with Crippen LogP contribution in [0.1, 0.15) is 44.1 Å². The topological polar surface area (TPSA) is 27.1 Å². The normalized spacial score (nSPS) is 29.0. The van der Waals surface area contributed by atoms with Crippen LogP contribution in [0.5, 0.6) is 0 Å². The van der Waals surface area contributed by atoms with Crippen LogP contribution in [0.2, 0.25) is 0 Å². The highest BCUT2D eigenvalue weighted by Crippen LogP contribution is 2.22. The molecule has 17 heavy (non-hydrogen) atoms. The van der Waals surface area contributed by atoms with Gasteiger partial charge in [-0.15, -0.1) is 0 Å². The third-order valence-electron chi connectivity index (χ3n) is 4.01. The van der Waals surface area contributed by atoms with Crippen molar-refractivity contribution in [3.63, 3.8) is 0 Å². The highest BCUT2D eigenvalue weighted by molar-refractivity contribution is 5.08. The molecule has 1 fully saturated rings. The molecule has 1 aromatic heterocycles. The van der Waals surface area contributed by atoms with E-state index in [9.17, 15) is 0 Å². The second-order valence-corrected chi connectivity index (χ2v) is 5.63. The summed E-state index contributed by atoms with van der Waals surface area (Å²) in [4.78, 5) is 4.78. The van der Waals surface area contributed by atoms with E-state index in [1.54, 1.807) is 0 Å². The lowest BCUT2D eigenvalue weighted by molar-refractivity contribution is 0.0163. The lowest BCUT2D eigenvalue weighted by atomic mass is 10.0. The first-order valence-corrected chi connectivity index (χ1v) is 6.98. The molecule has 0 bridgehead atoms. The number of imidazole rings is 1. The minimum absolute atomic E-state index is 0.415. The number of nitrogens with zero attached hydrogens (tertiary/aromatic N) is 2. The standard InChI is InChI=1S/C14H22N2O/c1-11-5-6-16-10-12(15-14(16)8-11)9-13-4-2-3-7-17-13/h10-11,13H,2-9H2,1H3. The molecule has 0 amide bonds. The monoisotopic (exact) mass is 234 g/mol. The highest BCUT2D eigenvalue weighted by Gasteiger charge is 2.20. The molecule has 0 N–H and O–H groups in total. The Labute approximate surface area is 103 Å². The van der Waals surface area contributed by atoms with E-state index in [1.807, 2.05) is 0 Å². The maximum atomic E-state index is 5.79. The first-order chi connectivity index (χ1) is 8.31. The van der Waals surface area contributed by atoms with Gasteiger partial charge in [0.2, 0.25) is 0 Å². The number of ether oxygens (including phenoxy) is 1. The molecule has 94 valence electrons. The lowest BCUT2D eigenvalue weighted by Crippen LogP contribution is -2.21. The van der Waals surface area contributed by atoms with E-state index < -0.39 is 0 Å². The van der Waals surface area contributed by atoms with Gasteiger partial charge in [-0.05, 0) is 31.6 Å². The summed E-state index contributed by atoms with van der Waals surface area (Å²) in [6.07, 6.45) is 9.86. The summed E-state index contributed by atoms with van der Waals surface area (Å²) >= 11 is 0. The van der Waals surface area contributed by atoms with Crippen molar-refractivity contribution in [2.75, 3.05) is 6.61 Å². The lowest BCUT2D eigenvalue weighted by Gasteiger charge is -2.21. The fourth-order valence-electron chi connectivity index (χ4n) is 2.94. The van der Waals surface area contributed by atoms with Gasteiger partial charge in [0.15, 0.2) is 0 Å². The summed E-state index contributed by atoms with van der Waals surface area (Å²) < 4.78 is 8.13. The zero-order valence-electron chi connectivity index (χ0n) is 10.7. The molecule has 1 saturated heterocycles. The number of rotatable bonds is 2. The summed E-state index contributed by atoms with van der Waals surface area (Å²) in [5, 5.41) is 0. The Morgan fingerprint density at radius 1 is 1.41 bits per heavy atom. The first kappa shape index (κ1) is 11.3. The van der Waals surface area contributed by atoms with Crippen LogP contribution in [0, 0.1) is 5.92 Å². The van der Waals surface area contributed by atoms with Gasteiger partial charge in [0.25, 0.3) is 0 Å². The van der Waals surface area contributed by atoms with Crippen molar-refractivity contribution in [1.29, 1.82) is 0 Å². The van der Waals surface area contributed by atoms with Gasteiger partial charge in [0.1, 0.15) is 5.82 Å². The zero-order valence-corrected chi connectivity index (χ0v) is 10.7. The molecule has 2 aliphatic rings. The Balaban J connectivity index is 1.67. The summed E-state index contributed by atoms with van der Waals surface area (Å²) in [7, 11) is 0. The largest absolute Gasteiger partial charge is 0.378 e. The van der Waals surface area contributed by atoms with E-state index in [1.165, 1.54) is 37.2 Å². The van der Waals surface area contributed by atoms with Gasteiger partial charge < -0.3 is 9.30 Å². The van der Waals surface area contributed by atoms with Crippen LogP contribution in [0.4, 0.5) is 0 Å². The molecule has 3 nitrogen and oxygen atoms in total. The highest BCUT2D eigenvalue weighted by atomic mass is 16.5. The predicted molar refractivity (Wildman–Crippen MR) is 67.0 cm³/mol. The van der Waals surface area contributed by atoms with E-state index >= 15 is 0 Å². The van der Waals surface area contributed by atoms with Gasteiger partial charge in [0, 0.05) is 32.2 Å². The van der Waals surface area contributed by atoms with E-state index in [0.29, 0.717) is 6.10 Å². The average molecular weight is 234 g/mol. The fourth-order valence-corrected chi connectivity index (χ4v) is 2.94. The molecule has 0 spiro atoms. The van der Waals surface area contributed by atoms with Crippen LogP contribution in [-0.4, -0.2) is 22.3 Å². The molecular formula is C14H22N2O. The van der Waals surface area contributed by atoms with Crippen LogP contribution >= 0.6 is 0 Å². The number of hydrogen-bond donors (Lipinski definition) is 0. The summed E-state index contributed by atoms with van der Waals surface area (Å²) in [5.74, 6) is 2.08. The molecule has 2 atom stereocenters. The van der Waals surface area contributed by atoms with E-state index in [2.05, 4.69) is 17.7 Å². The predicted octanol–water partition coefficient (Wildman–Crippen LogP) is 2.58. The molecule has 1 aromatic rings. The number of hydrogen-bond acceptors (Lipinski definition) is 2. The molecular weight excluding hydrogens is 212 g/mol. The van der Waals surface area contributed by atoms with Crippen LogP contribution < -0.4 is 0 Å². The minimum Gasteiger partial charge on any atom is -0.378 e. The molecule has 3 rings (SSSR count). The van der Waals surface area contributed by atoms with Gasteiger partial charge >= 0.3 is 0 Å². The molecule has 3 heteroatoms. The average Bonchev–Trinajstić information content (AvgIpc) is 2.71. The molecule has 0 radical (unpaired) electrons.